The Morgan fingerprint density at radius 2 is 1.95 bits per heavy atom. The van der Waals surface area contributed by atoms with E-state index in [2.05, 4.69) is 0 Å². The van der Waals surface area contributed by atoms with Gasteiger partial charge in [0.2, 0.25) is 5.91 Å². The maximum atomic E-state index is 12.2. The molecule has 1 heterocycles. The fraction of sp³-hybridized carbons (Fsp3) is 0.533. The van der Waals surface area contributed by atoms with Crippen molar-refractivity contribution in [2.75, 3.05) is 19.3 Å². The van der Waals surface area contributed by atoms with Crippen LogP contribution in [0.25, 0.3) is 0 Å². The van der Waals surface area contributed by atoms with Crippen LogP contribution in [0.2, 0.25) is 0 Å². The van der Waals surface area contributed by atoms with Crippen molar-refractivity contribution in [2.24, 2.45) is 5.92 Å². The fourth-order valence-corrected chi connectivity index (χ4v) is 3.10. The molecule has 1 fully saturated rings. The number of sulfone groups is 1. The summed E-state index contributed by atoms with van der Waals surface area (Å²) in [4.78, 5) is 14.1. The van der Waals surface area contributed by atoms with E-state index in [0.29, 0.717) is 13.1 Å². The molecule has 1 saturated heterocycles. The summed E-state index contributed by atoms with van der Waals surface area (Å²) in [7, 11) is -3.21. The Balaban J connectivity index is 2.04. The normalized spacial score (nSPS) is 26.1. The summed E-state index contributed by atoms with van der Waals surface area (Å²) in [5.41, 5.74) is -0.0675. The Morgan fingerprint density at radius 1 is 1.38 bits per heavy atom. The highest BCUT2D eigenvalue weighted by Gasteiger charge is 2.40. The van der Waals surface area contributed by atoms with Crippen molar-refractivity contribution in [1.29, 1.82) is 0 Å². The number of amides is 1. The number of hydrogen-bond acceptors (Lipinski definition) is 4. The highest BCUT2D eigenvalue weighted by Crippen LogP contribution is 2.27. The molecule has 1 amide bonds. The molecule has 0 spiro atoms. The molecule has 0 unspecified atom stereocenters. The molecule has 1 aromatic rings. The number of nitrogens with zero attached hydrogens (tertiary/aromatic N) is 1. The maximum absolute atomic E-state index is 12.2. The van der Waals surface area contributed by atoms with Gasteiger partial charge in [-0.05, 0) is 24.6 Å². The molecule has 1 aliphatic heterocycles. The third-order valence-corrected chi connectivity index (χ3v) is 5.25. The fourth-order valence-electron chi connectivity index (χ4n) is 2.46. The molecule has 6 heteroatoms. The van der Waals surface area contributed by atoms with Gasteiger partial charge in [0, 0.05) is 25.3 Å². The summed E-state index contributed by atoms with van der Waals surface area (Å²) in [6.45, 7) is 4.56. The number of carbonyl (C=O) groups excluding carboxylic acids is 1. The van der Waals surface area contributed by atoms with Gasteiger partial charge in [0.05, 0.1) is 16.9 Å². The van der Waals surface area contributed by atoms with E-state index in [-0.39, 0.29) is 23.1 Å². The Labute approximate surface area is 125 Å². The molecule has 116 valence electrons. The average molecular weight is 311 g/mol. The van der Waals surface area contributed by atoms with E-state index in [4.69, 9.17) is 0 Å². The number of hydrogen-bond donors (Lipinski definition) is 1. The van der Waals surface area contributed by atoms with Crippen LogP contribution in [0.5, 0.6) is 0 Å². The Morgan fingerprint density at radius 3 is 2.38 bits per heavy atom. The summed E-state index contributed by atoms with van der Waals surface area (Å²) in [5, 5.41) is 10.1. The lowest BCUT2D eigenvalue weighted by molar-refractivity contribution is -0.130. The lowest BCUT2D eigenvalue weighted by Gasteiger charge is -2.20. The van der Waals surface area contributed by atoms with Crippen molar-refractivity contribution in [3.63, 3.8) is 0 Å². The van der Waals surface area contributed by atoms with E-state index in [1.54, 1.807) is 24.0 Å². The lowest BCUT2D eigenvalue weighted by atomic mass is 9.95. The summed E-state index contributed by atoms with van der Waals surface area (Å²) in [6.07, 6.45) is 1.37. The molecule has 0 bridgehead atoms. The molecule has 0 aromatic heterocycles. The number of rotatable bonds is 3. The van der Waals surface area contributed by atoms with Crippen LogP contribution in [0.1, 0.15) is 19.4 Å². The Bertz CT molecular complexity index is 634. The smallest absolute Gasteiger partial charge is 0.227 e. The molecule has 21 heavy (non-hydrogen) atoms. The molecule has 1 N–H and O–H groups in total. The minimum atomic E-state index is -3.21. The SMILES string of the molecule is C[C@@H]1CN(C(=O)Cc2ccc(S(C)(=O)=O)cc2)C[C@]1(C)O. The standard InChI is InChI=1S/C15H21NO4S/c1-11-9-16(10-15(11,2)18)14(17)8-12-4-6-13(7-5-12)21(3,19)20/h4-7,11,18H,8-10H2,1-3H3/t11-,15+/m1/s1. The molecule has 0 aliphatic carbocycles. The highest BCUT2D eigenvalue weighted by atomic mass is 32.2. The van der Waals surface area contributed by atoms with Crippen molar-refractivity contribution < 1.29 is 18.3 Å². The first-order valence-electron chi connectivity index (χ1n) is 6.89. The first-order valence-corrected chi connectivity index (χ1v) is 8.78. The summed E-state index contributed by atoms with van der Waals surface area (Å²) < 4.78 is 22.8. The van der Waals surface area contributed by atoms with Crippen LogP contribution in [-0.2, 0) is 21.1 Å². The highest BCUT2D eigenvalue weighted by molar-refractivity contribution is 7.90. The summed E-state index contributed by atoms with van der Waals surface area (Å²) in [6, 6.07) is 6.35. The molecule has 0 saturated carbocycles. The van der Waals surface area contributed by atoms with Crippen LogP contribution in [-0.4, -0.2) is 49.3 Å². The van der Waals surface area contributed by atoms with Crippen LogP contribution in [0.4, 0.5) is 0 Å². The van der Waals surface area contributed by atoms with Crippen LogP contribution < -0.4 is 0 Å². The molecule has 0 radical (unpaired) electrons. The predicted molar refractivity (Wildman–Crippen MR) is 79.6 cm³/mol. The number of β-amino-alcohol motifs (C(OH)–C–C–N with tert-alkyl or cyclic N) is 1. The average Bonchev–Trinajstić information content (AvgIpc) is 2.63. The zero-order valence-corrected chi connectivity index (χ0v) is 13.4. The maximum Gasteiger partial charge on any atom is 0.227 e. The van der Waals surface area contributed by atoms with Gasteiger partial charge in [-0.15, -0.1) is 0 Å². The first kappa shape index (κ1) is 16.0. The quantitative estimate of drug-likeness (QED) is 0.898. The Kier molecular flexibility index (Phi) is 4.13. The molecule has 5 nitrogen and oxygen atoms in total. The molecular weight excluding hydrogens is 290 g/mol. The minimum absolute atomic E-state index is 0.0493. The van der Waals surface area contributed by atoms with Gasteiger partial charge in [-0.1, -0.05) is 19.1 Å². The second-order valence-electron chi connectivity index (χ2n) is 6.13. The molecule has 1 aromatic carbocycles. The summed E-state index contributed by atoms with van der Waals surface area (Å²) in [5.74, 6) is 0.000732. The van der Waals surface area contributed by atoms with Crippen molar-refractivity contribution in [1.82, 2.24) is 4.90 Å². The second kappa shape index (κ2) is 5.42. The monoisotopic (exact) mass is 311 g/mol. The first-order chi connectivity index (χ1) is 9.59. The van der Waals surface area contributed by atoms with Crippen molar-refractivity contribution in [3.05, 3.63) is 29.8 Å². The van der Waals surface area contributed by atoms with Gasteiger partial charge < -0.3 is 10.0 Å². The van der Waals surface area contributed by atoms with Gasteiger partial charge in [0.25, 0.3) is 0 Å². The third kappa shape index (κ3) is 3.63. The molecular formula is C15H21NO4S. The van der Waals surface area contributed by atoms with E-state index in [0.717, 1.165) is 11.8 Å². The van der Waals surface area contributed by atoms with Gasteiger partial charge in [0.1, 0.15) is 0 Å². The van der Waals surface area contributed by atoms with Gasteiger partial charge >= 0.3 is 0 Å². The third-order valence-electron chi connectivity index (χ3n) is 4.13. The predicted octanol–water partition coefficient (Wildman–Crippen LogP) is 0.862. The zero-order chi connectivity index (χ0) is 15.8. The van der Waals surface area contributed by atoms with Gasteiger partial charge in [-0.25, -0.2) is 8.42 Å². The van der Waals surface area contributed by atoms with E-state index in [1.807, 2.05) is 6.92 Å². The van der Waals surface area contributed by atoms with Crippen molar-refractivity contribution >= 4 is 15.7 Å². The molecule has 2 atom stereocenters. The van der Waals surface area contributed by atoms with E-state index in [1.165, 1.54) is 12.1 Å². The number of benzene rings is 1. The topological polar surface area (TPSA) is 74.7 Å². The second-order valence-corrected chi connectivity index (χ2v) is 8.14. The lowest BCUT2D eigenvalue weighted by Crippen LogP contribution is -2.35. The van der Waals surface area contributed by atoms with E-state index in [9.17, 15) is 18.3 Å². The Hall–Kier alpha value is -1.40. The van der Waals surface area contributed by atoms with Crippen molar-refractivity contribution in [3.8, 4) is 0 Å². The minimum Gasteiger partial charge on any atom is -0.388 e. The van der Waals surface area contributed by atoms with Crippen LogP contribution in [0, 0.1) is 5.92 Å². The van der Waals surface area contributed by atoms with Crippen LogP contribution in [0.3, 0.4) is 0 Å². The van der Waals surface area contributed by atoms with E-state index >= 15 is 0 Å². The van der Waals surface area contributed by atoms with E-state index < -0.39 is 15.4 Å². The summed E-state index contributed by atoms with van der Waals surface area (Å²) >= 11 is 0. The van der Waals surface area contributed by atoms with Crippen LogP contribution in [0.15, 0.2) is 29.2 Å². The number of carbonyl (C=O) groups is 1. The van der Waals surface area contributed by atoms with Crippen molar-refractivity contribution in [2.45, 2.75) is 30.8 Å². The zero-order valence-electron chi connectivity index (χ0n) is 12.5. The van der Waals surface area contributed by atoms with Gasteiger partial charge in [-0.2, -0.15) is 0 Å². The number of likely N-dealkylation sites (tertiary alicyclic amines) is 1. The van der Waals surface area contributed by atoms with Gasteiger partial charge in [-0.3, -0.25) is 4.79 Å². The largest absolute Gasteiger partial charge is 0.388 e. The van der Waals surface area contributed by atoms with Crippen LogP contribution >= 0.6 is 0 Å². The number of aliphatic hydroxyl groups is 1. The van der Waals surface area contributed by atoms with Gasteiger partial charge in [0.15, 0.2) is 9.84 Å². The molecule has 1 aliphatic rings. The molecule has 2 rings (SSSR count).